The molecule has 0 unspecified atom stereocenters. The Morgan fingerprint density at radius 3 is 2.33 bits per heavy atom. The summed E-state index contributed by atoms with van der Waals surface area (Å²) < 4.78 is 0. The summed E-state index contributed by atoms with van der Waals surface area (Å²) in [4.78, 5) is 43.7. The van der Waals surface area contributed by atoms with Crippen molar-refractivity contribution < 1.29 is 14.4 Å². The lowest BCUT2D eigenvalue weighted by Gasteiger charge is -2.13. The summed E-state index contributed by atoms with van der Waals surface area (Å²) in [5.41, 5.74) is 2.57. The molecule has 0 bridgehead atoms. The summed E-state index contributed by atoms with van der Waals surface area (Å²) in [6.45, 7) is 2.15. The van der Waals surface area contributed by atoms with Crippen LogP contribution >= 0.6 is 22.9 Å². The van der Waals surface area contributed by atoms with Crippen LogP contribution < -0.4 is 5.32 Å². The number of thiazole rings is 1. The van der Waals surface area contributed by atoms with E-state index in [0.29, 0.717) is 27.7 Å². The van der Waals surface area contributed by atoms with Crippen molar-refractivity contribution in [1.82, 2.24) is 9.88 Å². The van der Waals surface area contributed by atoms with Crippen LogP contribution in [-0.4, -0.2) is 34.2 Å². The third-order valence-electron chi connectivity index (χ3n) is 4.82. The molecule has 2 aromatic carbocycles. The van der Waals surface area contributed by atoms with Crippen molar-refractivity contribution >= 4 is 45.8 Å². The first-order chi connectivity index (χ1) is 14.4. The van der Waals surface area contributed by atoms with Gasteiger partial charge >= 0.3 is 0 Å². The number of halogens is 1. The molecule has 1 aliphatic rings. The van der Waals surface area contributed by atoms with Gasteiger partial charge in [0.2, 0.25) is 5.91 Å². The van der Waals surface area contributed by atoms with Crippen LogP contribution in [0.25, 0.3) is 11.3 Å². The van der Waals surface area contributed by atoms with E-state index >= 15 is 0 Å². The Morgan fingerprint density at radius 1 is 1.07 bits per heavy atom. The molecule has 4 rings (SSSR count). The maximum absolute atomic E-state index is 12.4. The van der Waals surface area contributed by atoms with Crippen LogP contribution in [0.5, 0.6) is 0 Å². The molecule has 1 N–H and O–H groups in total. The van der Waals surface area contributed by atoms with Gasteiger partial charge in [0.25, 0.3) is 11.8 Å². The van der Waals surface area contributed by atoms with Crippen molar-refractivity contribution in [2.75, 3.05) is 11.9 Å². The number of anilines is 1. The van der Waals surface area contributed by atoms with E-state index in [1.54, 1.807) is 36.4 Å². The van der Waals surface area contributed by atoms with Gasteiger partial charge in [0.05, 0.1) is 16.8 Å². The largest absolute Gasteiger partial charge is 0.302 e. The summed E-state index contributed by atoms with van der Waals surface area (Å²) >= 11 is 7.33. The Balaban J connectivity index is 1.33. The average molecular weight is 440 g/mol. The lowest BCUT2D eigenvalue weighted by atomic mass is 10.1. The molecule has 6 nitrogen and oxygen atoms in total. The fourth-order valence-corrected chi connectivity index (χ4v) is 4.33. The minimum Gasteiger partial charge on any atom is -0.302 e. The first kappa shape index (κ1) is 20.3. The number of hydrogen-bond donors (Lipinski definition) is 1. The van der Waals surface area contributed by atoms with Crippen LogP contribution in [0.1, 0.15) is 38.4 Å². The molecular weight excluding hydrogens is 422 g/mol. The molecule has 0 atom stereocenters. The molecule has 8 heteroatoms. The van der Waals surface area contributed by atoms with Crippen molar-refractivity contribution in [3.63, 3.8) is 0 Å². The minimum absolute atomic E-state index is 0.183. The third kappa shape index (κ3) is 3.99. The van der Waals surface area contributed by atoms with Crippen LogP contribution in [0.3, 0.4) is 0 Å². The quantitative estimate of drug-likeness (QED) is 0.560. The zero-order valence-corrected chi connectivity index (χ0v) is 17.7. The van der Waals surface area contributed by atoms with E-state index in [2.05, 4.69) is 10.3 Å². The summed E-state index contributed by atoms with van der Waals surface area (Å²) in [5.74, 6) is -0.818. The summed E-state index contributed by atoms with van der Waals surface area (Å²) in [7, 11) is 0. The van der Waals surface area contributed by atoms with Crippen molar-refractivity contribution in [2.24, 2.45) is 0 Å². The Kier molecular flexibility index (Phi) is 5.65. The topological polar surface area (TPSA) is 79.4 Å². The highest BCUT2D eigenvalue weighted by molar-refractivity contribution is 7.16. The SMILES string of the molecule is Cc1sc(NC(=O)CCCN2C(=O)c3ccccc3C2=O)nc1-c1ccc(Cl)cc1. The third-order valence-corrected chi connectivity index (χ3v) is 5.96. The standard InChI is InChI=1S/C22H18ClN3O3S/c1-13-19(14-8-10-15(23)11-9-14)25-22(30-13)24-18(27)7-4-12-26-20(28)16-5-2-3-6-17(16)21(26)29/h2-3,5-6,8-11H,4,7,12H2,1H3,(H,24,25,27). The number of nitrogens with one attached hydrogen (secondary N) is 1. The smallest absolute Gasteiger partial charge is 0.261 e. The normalized spacial score (nSPS) is 12.9. The van der Waals surface area contributed by atoms with Gasteiger partial charge in [-0.25, -0.2) is 4.98 Å². The second-order valence-electron chi connectivity index (χ2n) is 6.89. The van der Waals surface area contributed by atoms with Crippen LogP contribution in [0.15, 0.2) is 48.5 Å². The number of aryl methyl sites for hydroxylation is 1. The number of hydrogen-bond acceptors (Lipinski definition) is 5. The van der Waals surface area contributed by atoms with Crippen LogP contribution in [0, 0.1) is 6.92 Å². The molecule has 3 aromatic rings. The van der Waals surface area contributed by atoms with Gasteiger partial charge in [-0.2, -0.15) is 0 Å². The lowest BCUT2D eigenvalue weighted by Crippen LogP contribution is -2.31. The maximum atomic E-state index is 12.4. The van der Waals surface area contributed by atoms with Gasteiger partial charge in [0, 0.05) is 28.4 Å². The van der Waals surface area contributed by atoms with Gasteiger partial charge in [-0.1, -0.05) is 35.9 Å². The van der Waals surface area contributed by atoms with Gasteiger partial charge in [-0.05, 0) is 37.6 Å². The van der Waals surface area contributed by atoms with E-state index in [0.717, 1.165) is 16.1 Å². The fraction of sp³-hybridized carbons (Fsp3) is 0.182. The molecule has 152 valence electrons. The Hall–Kier alpha value is -3.03. The predicted octanol–water partition coefficient (Wildman–Crippen LogP) is 4.79. The molecule has 1 aromatic heterocycles. The van der Waals surface area contributed by atoms with E-state index in [1.165, 1.54) is 16.2 Å². The van der Waals surface area contributed by atoms with Crippen molar-refractivity contribution in [1.29, 1.82) is 0 Å². The van der Waals surface area contributed by atoms with E-state index in [1.807, 2.05) is 19.1 Å². The molecular formula is C22H18ClN3O3S. The number of aromatic nitrogens is 1. The van der Waals surface area contributed by atoms with Gasteiger partial charge in [0.15, 0.2) is 5.13 Å². The van der Waals surface area contributed by atoms with E-state index in [9.17, 15) is 14.4 Å². The number of imide groups is 1. The second kappa shape index (κ2) is 8.38. The number of carbonyl (C=O) groups excluding carboxylic acids is 3. The van der Waals surface area contributed by atoms with Crippen LogP contribution in [-0.2, 0) is 4.79 Å². The van der Waals surface area contributed by atoms with E-state index < -0.39 is 0 Å². The second-order valence-corrected chi connectivity index (χ2v) is 8.53. The summed E-state index contributed by atoms with van der Waals surface area (Å²) in [6, 6.07) is 14.1. The molecule has 0 saturated heterocycles. The van der Waals surface area contributed by atoms with Gasteiger partial charge in [-0.3, -0.25) is 19.3 Å². The summed E-state index contributed by atoms with van der Waals surface area (Å²) in [5, 5.41) is 3.97. The van der Waals surface area contributed by atoms with Crippen LogP contribution in [0.2, 0.25) is 5.02 Å². The highest BCUT2D eigenvalue weighted by Gasteiger charge is 2.34. The fourth-order valence-electron chi connectivity index (χ4n) is 3.35. The maximum Gasteiger partial charge on any atom is 0.261 e. The molecule has 0 spiro atoms. The zero-order chi connectivity index (χ0) is 21.3. The monoisotopic (exact) mass is 439 g/mol. The molecule has 0 aliphatic carbocycles. The van der Waals surface area contributed by atoms with Crippen molar-refractivity contribution in [3.05, 3.63) is 69.6 Å². The number of fused-ring (bicyclic) bond motifs is 1. The van der Waals surface area contributed by atoms with Gasteiger partial charge < -0.3 is 5.32 Å². The van der Waals surface area contributed by atoms with Gasteiger partial charge in [0.1, 0.15) is 0 Å². The first-order valence-electron chi connectivity index (χ1n) is 9.42. The Labute approximate surface area is 182 Å². The number of benzene rings is 2. The number of carbonyl (C=O) groups is 3. The zero-order valence-electron chi connectivity index (χ0n) is 16.1. The molecule has 0 saturated carbocycles. The Bertz CT molecular complexity index is 1110. The van der Waals surface area contributed by atoms with Crippen molar-refractivity contribution in [3.8, 4) is 11.3 Å². The predicted molar refractivity (Wildman–Crippen MR) is 117 cm³/mol. The number of rotatable bonds is 6. The summed E-state index contributed by atoms with van der Waals surface area (Å²) in [6.07, 6.45) is 0.564. The van der Waals surface area contributed by atoms with Crippen LogP contribution in [0.4, 0.5) is 5.13 Å². The molecule has 30 heavy (non-hydrogen) atoms. The number of amides is 3. The highest BCUT2D eigenvalue weighted by Crippen LogP contribution is 2.31. The highest BCUT2D eigenvalue weighted by atomic mass is 35.5. The molecule has 3 amide bonds. The van der Waals surface area contributed by atoms with Crippen molar-refractivity contribution in [2.45, 2.75) is 19.8 Å². The molecule has 2 heterocycles. The lowest BCUT2D eigenvalue weighted by molar-refractivity contribution is -0.116. The average Bonchev–Trinajstić information content (AvgIpc) is 3.21. The molecule has 1 aliphatic heterocycles. The number of nitrogens with zero attached hydrogens (tertiary/aromatic N) is 2. The minimum atomic E-state index is -0.306. The first-order valence-corrected chi connectivity index (χ1v) is 10.6. The van der Waals surface area contributed by atoms with E-state index in [4.69, 9.17) is 11.6 Å². The van der Waals surface area contributed by atoms with Gasteiger partial charge in [-0.15, -0.1) is 11.3 Å². The Morgan fingerprint density at radius 2 is 1.70 bits per heavy atom. The van der Waals surface area contributed by atoms with E-state index in [-0.39, 0.29) is 30.7 Å². The molecule has 0 fully saturated rings. The molecule has 0 radical (unpaired) electrons.